The van der Waals surface area contributed by atoms with Gasteiger partial charge < -0.3 is 9.84 Å². The number of ether oxygens (including phenoxy) is 1. The number of halogens is 2. The minimum Gasteiger partial charge on any atom is -0.478 e. The molecule has 2 N–H and O–H groups in total. The predicted octanol–water partition coefficient (Wildman–Crippen LogP) is 1.74. The highest BCUT2D eigenvalue weighted by Crippen LogP contribution is 2.27. The summed E-state index contributed by atoms with van der Waals surface area (Å²) in [5.41, 5.74) is -1.55. The van der Waals surface area contributed by atoms with Crippen molar-refractivity contribution in [2.75, 3.05) is 13.2 Å². The van der Waals surface area contributed by atoms with Crippen LogP contribution in [0.2, 0.25) is 0 Å². The maximum atomic E-state index is 14.1. The fraction of sp³-hybridized carbons (Fsp3) is 0.417. The number of carbonyl (C=O) groups is 1. The largest absolute Gasteiger partial charge is 0.478 e. The van der Waals surface area contributed by atoms with Gasteiger partial charge in [-0.15, -0.1) is 0 Å². The van der Waals surface area contributed by atoms with Crippen molar-refractivity contribution in [2.24, 2.45) is 0 Å². The van der Waals surface area contributed by atoms with Crippen LogP contribution in [-0.2, 0) is 14.8 Å². The lowest BCUT2D eigenvalue weighted by Gasteiger charge is -2.23. The van der Waals surface area contributed by atoms with Gasteiger partial charge in [0.1, 0.15) is 4.90 Å². The Morgan fingerprint density at radius 2 is 2.19 bits per heavy atom. The van der Waals surface area contributed by atoms with Gasteiger partial charge in [-0.05, 0) is 25.5 Å². The summed E-state index contributed by atoms with van der Waals surface area (Å²) >= 11 is 2.99. The first-order valence-corrected chi connectivity index (χ1v) is 8.26. The number of hydrogen-bond acceptors (Lipinski definition) is 4. The molecule has 1 atom stereocenters. The van der Waals surface area contributed by atoms with Crippen LogP contribution in [0.4, 0.5) is 4.39 Å². The molecule has 1 saturated heterocycles. The summed E-state index contributed by atoms with van der Waals surface area (Å²) in [6, 6.07) is 2.04. The number of benzene rings is 1. The Morgan fingerprint density at radius 3 is 2.71 bits per heavy atom. The molecule has 0 spiro atoms. The third-order valence-corrected chi connectivity index (χ3v) is 5.22. The van der Waals surface area contributed by atoms with Crippen molar-refractivity contribution in [3.63, 3.8) is 0 Å². The molecule has 116 valence electrons. The number of nitrogens with one attached hydrogen (secondary N) is 1. The third kappa shape index (κ3) is 3.42. The minimum absolute atomic E-state index is 0.162. The van der Waals surface area contributed by atoms with Gasteiger partial charge in [-0.3, -0.25) is 0 Å². The van der Waals surface area contributed by atoms with Gasteiger partial charge in [0, 0.05) is 11.1 Å². The molecule has 0 amide bonds. The SMILES string of the molecule is CC1(NS(=O)(=O)c2cc(Br)cc(C(=O)O)c2F)CCOC1. The van der Waals surface area contributed by atoms with E-state index in [4.69, 9.17) is 9.84 Å². The first-order valence-electron chi connectivity index (χ1n) is 5.99. The lowest BCUT2D eigenvalue weighted by Crippen LogP contribution is -2.46. The van der Waals surface area contributed by atoms with Gasteiger partial charge in [0.05, 0.1) is 17.7 Å². The van der Waals surface area contributed by atoms with Crippen molar-refractivity contribution in [3.05, 3.63) is 28.0 Å². The number of rotatable bonds is 4. The molecule has 0 aromatic heterocycles. The summed E-state index contributed by atoms with van der Waals surface area (Å²) in [4.78, 5) is 10.3. The Hall–Kier alpha value is -1.03. The molecule has 9 heteroatoms. The quantitative estimate of drug-likeness (QED) is 0.828. The van der Waals surface area contributed by atoms with Crippen LogP contribution in [0, 0.1) is 5.82 Å². The molecule has 6 nitrogen and oxygen atoms in total. The van der Waals surface area contributed by atoms with Crippen LogP contribution in [0.15, 0.2) is 21.5 Å². The molecular formula is C12H13BrFNO5S. The van der Waals surface area contributed by atoms with Crippen molar-refractivity contribution in [1.82, 2.24) is 4.72 Å². The zero-order chi connectivity index (χ0) is 15.8. The smallest absolute Gasteiger partial charge is 0.338 e. The summed E-state index contributed by atoms with van der Waals surface area (Å²) < 4.78 is 46.5. The summed E-state index contributed by atoms with van der Waals surface area (Å²) in [6.45, 7) is 2.22. The Kier molecular flexibility index (Phi) is 4.39. The van der Waals surface area contributed by atoms with Crippen LogP contribution in [0.5, 0.6) is 0 Å². The second-order valence-electron chi connectivity index (χ2n) is 5.04. The van der Waals surface area contributed by atoms with Crippen LogP contribution in [-0.4, -0.2) is 38.2 Å². The van der Waals surface area contributed by atoms with Gasteiger partial charge in [0.15, 0.2) is 5.82 Å². The second-order valence-corrected chi connectivity index (χ2v) is 7.61. The molecule has 1 heterocycles. The molecule has 1 unspecified atom stereocenters. The van der Waals surface area contributed by atoms with E-state index >= 15 is 0 Å². The lowest BCUT2D eigenvalue weighted by molar-refractivity contribution is 0.0691. The molecule has 0 radical (unpaired) electrons. The maximum absolute atomic E-state index is 14.1. The van der Waals surface area contributed by atoms with Gasteiger partial charge in [-0.1, -0.05) is 15.9 Å². The Morgan fingerprint density at radius 1 is 1.52 bits per heavy atom. The molecule has 0 aliphatic carbocycles. The summed E-state index contributed by atoms with van der Waals surface area (Å²) in [5, 5.41) is 8.92. The normalized spacial score (nSPS) is 22.4. The third-order valence-electron chi connectivity index (χ3n) is 3.12. The highest BCUT2D eigenvalue weighted by molar-refractivity contribution is 9.10. The van der Waals surface area contributed by atoms with E-state index in [0.717, 1.165) is 12.1 Å². The summed E-state index contributed by atoms with van der Waals surface area (Å²) in [7, 11) is -4.21. The first kappa shape index (κ1) is 16.3. The van der Waals surface area contributed by atoms with E-state index in [2.05, 4.69) is 20.7 Å². The van der Waals surface area contributed by atoms with Gasteiger partial charge in [0.2, 0.25) is 10.0 Å². The molecule has 1 fully saturated rings. The number of aromatic carboxylic acids is 1. The number of hydrogen-bond donors (Lipinski definition) is 2. The predicted molar refractivity (Wildman–Crippen MR) is 75.2 cm³/mol. The molecule has 0 saturated carbocycles. The summed E-state index contributed by atoms with van der Waals surface area (Å²) in [6.07, 6.45) is 0.452. The van der Waals surface area contributed by atoms with Gasteiger partial charge in [0.25, 0.3) is 0 Å². The van der Waals surface area contributed by atoms with E-state index in [0.29, 0.717) is 13.0 Å². The first-order chi connectivity index (χ1) is 9.65. The van der Waals surface area contributed by atoms with Crippen molar-refractivity contribution in [2.45, 2.75) is 23.8 Å². The minimum atomic E-state index is -4.21. The van der Waals surface area contributed by atoms with Crippen molar-refractivity contribution in [1.29, 1.82) is 0 Å². The average Bonchev–Trinajstić information content (AvgIpc) is 2.76. The van der Waals surface area contributed by atoms with E-state index in [1.807, 2.05) is 0 Å². The molecule has 0 bridgehead atoms. The molecule has 1 aliphatic heterocycles. The Labute approximate surface area is 129 Å². The van der Waals surface area contributed by atoms with Crippen LogP contribution in [0.1, 0.15) is 23.7 Å². The molecule has 1 aliphatic rings. The van der Waals surface area contributed by atoms with Gasteiger partial charge >= 0.3 is 5.97 Å². The highest BCUT2D eigenvalue weighted by atomic mass is 79.9. The van der Waals surface area contributed by atoms with Crippen LogP contribution in [0.3, 0.4) is 0 Å². The molecule has 1 aromatic carbocycles. The maximum Gasteiger partial charge on any atom is 0.338 e. The molecular weight excluding hydrogens is 369 g/mol. The average molecular weight is 382 g/mol. The Balaban J connectivity index is 2.47. The summed E-state index contributed by atoms with van der Waals surface area (Å²) in [5.74, 6) is -2.83. The number of carboxylic acids is 1. The van der Waals surface area contributed by atoms with Crippen LogP contribution in [0.25, 0.3) is 0 Å². The standard InChI is InChI=1S/C12H13BrFNO5S/c1-12(2-3-20-6-12)15-21(18,19)9-5-7(13)4-8(10(9)14)11(16)17/h4-5,15H,2-3,6H2,1H3,(H,16,17). The van der Waals surface area contributed by atoms with E-state index < -0.39 is 37.8 Å². The van der Waals surface area contributed by atoms with Crippen molar-refractivity contribution < 1.29 is 27.4 Å². The molecule has 21 heavy (non-hydrogen) atoms. The number of sulfonamides is 1. The van der Waals surface area contributed by atoms with Crippen LogP contribution >= 0.6 is 15.9 Å². The molecule has 2 rings (SSSR count). The number of carboxylic acid groups (broad SMARTS) is 1. The van der Waals surface area contributed by atoms with Gasteiger partial charge in [-0.2, -0.15) is 0 Å². The zero-order valence-corrected chi connectivity index (χ0v) is 13.4. The second kappa shape index (κ2) is 5.64. The highest BCUT2D eigenvalue weighted by Gasteiger charge is 2.36. The monoisotopic (exact) mass is 381 g/mol. The van der Waals surface area contributed by atoms with E-state index in [9.17, 15) is 17.6 Å². The van der Waals surface area contributed by atoms with Gasteiger partial charge in [-0.25, -0.2) is 22.3 Å². The topological polar surface area (TPSA) is 92.7 Å². The fourth-order valence-electron chi connectivity index (χ4n) is 2.04. The van der Waals surface area contributed by atoms with Crippen LogP contribution < -0.4 is 4.72 Å². The zero-order valence-electron chi connectivity index (χ0n) is 11.0. The van der Waals surface area contributed by atoms with E-state index in [-0.39, 0.29) is 11.1 Å². The van der Waals surface area contributed by atoms with E-state index in [1.54, 1.807) is 6.92 Å². The molecule has 1 aromatic rings. The van der Waals surface area contributed by atoms with Crippen molar-refractivity contribution in [3.8, 4) is 0 Å². The van der Waals surface area contributed by atoms with E-state index in [1.165, 1.54) is 0 Å². The van der Waals surface area contributed by atoms with Crippen molar-refractivity contribution >= 4 is 31.9 Å². The Bertz CT molecular complexity index is 685. The lowest BCUT2D eigenvalue weighted by atomic mass is 10.0. The fourth-order valence-corrected chi connectivity index (χ4v) is 4.20.